The van der Waals surface area contributed by atoms with Crippen LogP contribution in [0.2, 0.25) is 0 Å². The molecule has 1 aliphatic rings. The maximum absolute atomic E-state index is 5.92. The van der Waals surface area contributed by atoms with E-state index in [9.17, 15) is 0 Å². The van der Waals surface area contributed by atoms with Gasteiger partial charge in [0.05, 0.1) is 6.54 Å². The molecule has 0 aliphatic carbocycles. The molecule has 2 rings (SSSR count). The molecule has 0 spiro atoms. The summed E-state index contributed by atoms with van der Waals surface area (Å²) in [5.41, 5.74) is 7.08. The van der Waals surface area contributed by atoms with Crippen LogP contribution in [0.1, 0.15) is 51.5 Å². The molecule has 0 amide bonds. The molecule has 1 aromatic rings. The summed E-state index contributed by atoms with van der Waals surface area (Å²) >= 11 is 0. The molecule has 128 valence electrons. The second-order valence-electron chi connectivity index (χ2n) is 6.73. The van der Waals surface area contributed by atoms with Crippen molar-refractivity contribution in [1.82, 2.24) is 10.3 Å². The van der Waals surface area contributed by atoms with Crippen molar-refractivity contribution in [3.8, 4) is 0 Å². The highest BCUT2D eigenvalue weighted by Gasteiger charge is 2.11. The van der Waals surface area contributed by atoms with Crippen LogP contribution in [-0.2, 0) is 6.54 Å². The average molecular weight is 317 g/mol. The summed E-state index contributed by atoms with van der Waals surface area (Å²) in [5, 5.41) is 3.17. The molecule has 1 fully saturated rings. The molecule has 5 nitrogen and oxygen atoms in total. The lowest BCUT2D eigenvalue weighted by atomic mass is 10.1. The van der Waals surface area contributed by atoms with E-state index >= 15 is 0 Å². The Morgan fingerprint density at radius 3 is 2.74 bits per heavy atom. The van der Waals surface area contributed by atoms with Gasteiger partial charge in [0.2, 0.25) is 0 Å². The van der Waals surface area contributed by atoms with E-state index in [2.05, 4.69) is 40.1 Å². The Labute approximate surface area is 140 Å². The molecular weight excluding hydrogens is 286 g/mol. The number of aromatic nitrogens is 1. The van der Waals surface area contributed by atoms with E-state index in [0.717, 1.165) is 37.4 Å². The summed E-state index contributed by atoms with van der Waals surface area (Å²) < 4.78 is 0. The molecule has 0 aromatic carbocycles. The highest BCUT2D eigenvalue weighted by molar-refractivity contribution is 5.77. The van der Waals surface area contributed by atoms with Gasteiger partial charge >= 0.3 is 0 Å². The van der Waals surface area contributed by atoms with E-state index in [1.807, 2.05) is 12.3 Å². The number of guanidine groups is 1. The van der Waals surface area contributed by atoms with Crippen LogP contribution in [0.3, 0.4) is 0 Å². The van der Waals surface area contributed by atoms with Gasteiger partial charge in [-0.25, -0.2) is 9.98 Å². The minimum atomic E-state index is 0.527. The van der Waals surface area contributed by atoms with Crippen LogP contribution in [0.5, 0.6) is 0 Å². The molecule has 0 unspecified atom stereocenters. The van der Waals surface area contributed by atoms with Crippen LogP contribution in [0.25, 0.3) is 0 Å². The number of nitrogens with two attached hydrogens (primary N) is 1. The number of anilines is 1. The SMILES string of the molecule is CC(C)CCNC(N)=NCc1ccnc(N2CCCCCC2)c1. The van der Waals surface area contributed by atoms with Crippen LogP contribution >= 0.6 is 0 Å². The lowest BCUT2D eigenvalue weighted by molar-refractivity contribution is 0.576. The van der Waals surface area contributed by atoms with E-state index in [0.29, 0.717) is 18.4 Å². The van der Waals surface area contributed by atoms with E-state index in [-0.39, 0.29) is 0 Å². The Hall–Kier alpha value is -1.78. The van der Waals surface area contributed by atoms with Crippen LogP contribution in [0.4, 0.5) is 5.82 Å². The first-order chi connectivity index (χ1) is 11.1. The van der Waals surface area contributed by atoms with E-state index in [1.54, 1.807) is 0 Å². The highest BCUT2D eigenvalue weighted by Crippen LogP contribution is 2.18. The van der Waals surface area contributed by atoms with Gasteiger partial charge in [0.1, 0.15) is 5.82 Å². The monoisotopic (exact) mass is 317 g/mol. The van der Waals surface area contributed by atoms with E-state index < -0.39 is 0 Å². The summed E-state index contributed by atoms with van der Waals surface area (Å²) in [4.78, 5) is 11.4. The zero-order valence-corrected chi connectivity index (χ0v) is 14.6. The topological polar surface area (TPSA) is 66.5 Å². The number of nitrogens with one attached hydrogen (secondary N) is 1. The summed E-state index contributed by atoms with van der Waals surface area (Å²) in [7, 11) is 0. The summed E-state index contributed by atoms with van der Waals surface area (Å²) in [6.45, 7) is 8.11. The first kappa shape index (κ1) is 17.6. The number of aliphatic imine (C=N–C) groups is 1. The maximum Gasteiger partial charge on any atom is 0.188 e. The molecule has 5 heteroatoms. The largest absolute Gasteiger partial charge is 0.370 e. The van der Waals surface area contributed by atoms with Gasteiger partial charge in [-0.15, -0.1) is 0 Å². The fourth-order valence-corrected chi connectivity index (χ4v) is 2.75. The molecule has 0 bridgehead atoms. The zero-order valence-electron chi connectivity index (χ0n) is 14.6. The lowest BCUT2D eigenvalue weighted by Gasteiger charge is -2.21. The van der Waals surface area contributed by atoms with Crippen LogP contribution in [0.15, 0.2) is 23.3 Å². The summed E-state index contributed by atoms with van der Waals surface area (Å²) in [5.74, 6) is 2.27. The van der Waals surface area contributed by atoms with Crippen LogP contribution in [-0.4, -0.2) is 30.6 Å². The third-order valence-electron chi connectivity index (χ3n) is 4.20. The second-order valence-corrected chi connectivity index (χ2v) is 6.73. The second kappa shape index (κ2) is 9.38. The van der Waals surface area contributed by atoms with Crippen molar-refractivity contribution in [2.45, 2.75) is 52.5 Å². The number of pyridine rings is 1. The van der Waals surface area contributed by atoms with Gasteiger partial charge in [0.15, 0.2) is 5.96 Å². The first-order valence-corrected chi connectivity index (χ1v) is 8.89. The Kier molecular flexibility index (Phi) is 7.17. The number of rotatable bonds is 6. The zero-order chi connectivity index (χ0) is 16.5. The van der Waals surface area contributed by atoms with Gasteiger partial charge in [0.25, 0.3) is 0 Å². The Morgan fingerprint density at radius 1 is 1.30 bits per heavy atom. The van der Waals surface area contributed by atoms with Crippen LogP contribution < -0.4 is 16.0 Å². The third-order valence-corrected chi connectivity index (χ3v) is 4.20. The molecule has 23 heavy (non-hydrogen) atoms. The molecular formula is C18H31N5. The van der Waals surface area contributed by atoms with Gasteiger partial charge in [-0.2, -0.15) is 0 Å². The quantitative estimate of drug-likeness (QED) is 0.625. The lowest BCUT2D eigenvalue weighted by Crippen LogP contribution is -2.32. The number of nitrogens with zero attached hydrogens (tertiary/aromatic N) is 3. The minimum Gasteiger partial charge on any atom is -0.370 e. The molecule has 0 atom stereocenters. The molecule has 1 aromatic heterocycles. The summed E-state index contributed by atoms with van der Waals surface area (Å²) in [6, 6.07) is 4.17. The van der Waals surface area contributed by atoms with Crippen molar-refractivity contribution in [2.75, 3.05) is 24.5 Å². The number of hydrogen-bond acceptors (Lipinski definition) is 3. The first-order valence-electron chi connectivity index (χ1n) is 8.89. The van der Waals surface area contributed by atoms with Gasteiger partial charge in [-0.1, -0.05) is 26.7 Å². The predicted molar refractivity (Wildman–Crippen MR) is 97.7 cm³/mol. The third kappa shape index (κ3) is 6.47. The molecule has 2 heterocycles. The molecule has 1 aliphatic heterocycles. The fourth-order valence-electron chi connectivity index (χ4n) is 2.75. The van der Waals surface area contributed by atoms with Crippen LogP contribution in [0, 0.1) is 5.92 Å². The molecule has 0 radical (unpaired) electrons. The predicted octanol–water partition coefficient (Wildman–Crippen LogP) is 2.91. The summed E-state index contributed by atoms with van der Waals surface area (Å²) in [6.07, 6.45) is 8.17. The molecule has 1 saturated heterocycles. The molecule has 3 N–H and O–H groups in total. The van der Waals surface area contributed by atoms with Crippen molar-refractivity contribution in [2.24, 2.45) is 16.6 Å². The minimum absolute atomic E-state index is 0.527. The van der Waals surface area contributed by atoms with Gasteiger partial charge in [-0.05, 0) is 42.9 Å². The van der Waals surface area contributed by atoms with Gasteiger partial charge in [-0.3, -0.25) is 0 Å². The van der Waals surface area contributed by atoms with E-state index in [4.69, 9.17) is 5.73 Å². The standard InChI is InChI=1S/C18H31N5/c1-15(2)7-9-21-18(19)22-14-16-8-10-20-17(13-16)23-11-5-3-4-6-12-23/h8,10,13,15H,3-7,9,11-12,14H2,1-2H3,(H3,19,21,22). The Balaban J connectivity index is 1.89. The van der Waals surface area contributed by atoms with E-state index in [1.165, 1.54) is 25.7 Å². The maximum atomic E-state index is 5.92. The fraction of sp³-hybridized carbons (Fsp3) is 0.667. The van der Waals surface area contributed by atoms with Gasteiger partial charge < -0.3 is 16.0 Å². The van der Waals surface area contributed by atoms with Gasteiger partial charge in [0, 0.05) is 25.8 Å². The van der Waals surface area contributed by atoms with Crippen molar-refractivity contribution in [3.63, 3.8) is 0 Å². The highest BCUT2D eigenvalue weighted by atomic mass is 15.2. The number of hydrogen-bond donors (Lipinski definition) is 2. The van der Waals surface area contributed by atoms with Crippen molar-refractivity contribution in [1.29, 1.82) is 0 Å². The van der Waals surface area contributed by atoms with Crippen molar-refractivity contribution >= 4 is 11.8 Å². The molecule has 0 saturated carbocycles. The van der Waals surface area contributed by atoms with Crippen molar-refractivity contribution < 1.29 is 0 Å². The average Bonchev–Trinajstić information content (AvgIpc) is 2.82. The Bertz CT molecular complexity index is 490. The smallest absolute Gasteiger partial charge is 0.188 e. The normalized spacial score (nSPS) is 16.5. The Morgan fingerprint density at radius 2 is 2.04 bits per heavy atom. The van der Waals surface area contributed by atoms with Crippen molar-refractivity contribution in [3.05, 3.63) is 23.9 Å².